The van der Waals surface area contributed by atoms with Crippen LogP contribution in [0.2, 0.25) is 0 Å². The molecular weight excluding hydrogens is 384 g/mol. The normalized spacial score (nSPS) is 14.5. The van der Waals surface area contributed by atoms with Crippen LogP contribution in [0.25, 0.3) is 5.69 Å². The Morgan fingerprint density at radius 3 is 2.52 bits per heavy atom. The fourth-order valence-electron chi connectivity index (χ4n) is 4.33. The van der Waals surface area contributed by atoms with Crippen molar-refractivity contribution in [3.8, 4) is 5.69 Å². The van der Waals surface area contributed by atoms with Gasteiger partial charge in [0.15, 0.2) is 0 Å². The molecule has 162 valence electrons. The fourth-order valence-corrected chi connectivity index (χ4v) is 4.33. The molecule has 5 nitrogen and oxygen atoms in total. The van der Waals surface area contributed by atoms with Crippen molar-refractivity contribution < 1.29 is 4.79 Å². The molecule has 0 atom stereocenters. The monoisotopic (exact) mass is 416 g/mol. The van der Waals surface area contributed by atoms with Crippen LogP contribution < -0.4 is 10.6 Å². The molecule has 0 radical (unpaired) electrons. The molecular formula is C26H32N4O. The van der Waals surface area contributed by atoms with Gasteiger partial charge in [-0.05, 0) is 87.2 Å². The zero-order chi connectivity index (χ0) is 21.8. The topological polar surface area (TPSA) is 59.0 Å². The van der Waals surface area contributed by atoms with Gasteiger partial charge in [-0.2, -0.15) is 5.10 Å². The third-order valence-corrected chi connectivity index (χ3v) is 6.26. The molecule has 1 aromatic heterocycles. The van der Waals surface area contributed by atoms with Crippen LogP contribution in [0, 0.1) is 13.8 Å². The van der Waals surface area contributed by atoms with Gasteiger partial charge in [0.25, 0.3) is 5.91 Å². The summed E-state index contributed by atoms with van der Waals surface area (Å²) < 4.78 is 1.97. The van der Waals surface area contributed by atoms with Gasteiger partial charge in [-0.25, -0.2) is 4.68 Å². The molecule has 0 bridgehead atoms. The lowest BCUT2D eigenvalue weighted by Gasteiger charge is -2.25. The molecule has 0 saturated carbocycles. The highest BCUT2D eigenvalue weighted by atomic mass is 16.1. The predicted molar refractivity (Wildman–Crippen MR) is 126 cm³/mol. The molecule has 1 saturated heterocycles. The number of rotatable bonds is 6. The highest BCUT2D eigenvalue weighted by molar-refractivity contribution is 6.05. The van der Waals surface area contributed by atoms with E-state index >= 15 is 0 Å². The van der Waals surface area contributed by atoms with Crippen molar-refractivity contribution in [1.29, 1.82) is 0 Å². The van der Waals surface area contributed by atoms with Crippen molar-refractivity contribution in [2.75, 3.05) is 18.4 Å². The molecule has 0 unspecified atom stereocenters. The second-order valence-electron chi connectivity index (χ2n) is 8.55. The molecule has 1 aliphatic rings. The van der Waals surface area contributed by atoms with E-state index in [4.69, 9.17) is 0 Å². The Morgan fingerprint density at radius 1 is 1.10 bits per heavy atom. The van der Waals surface area contributed by atoms with Gasteiger partial charge in [-0.3, -0.25) is 4.79 Å². The van der Waals surface area contributed by atoms with Crippen LogP contribution >= 0.6 is 0 Å². The van der Waals surface area contributed by atoms with E-state index in [1.54, 1.807) is 6.20 Å². The summed E-state index contributed by atoms with van der Waals surface area (Å²) in [7, 11) is 0. The average molecular weight is 417 g/mol. The van der Waals surface area contributed by atoms with Crippen molar-refractivity contribution >= 4 is 11.6 Å². The van der Waals surface area contributed by atoms with Gasteiger partial charge in [0.2, 0.25) is 0 Å². The number of nitrogens with one attached hydrogen (secondary N) is 2. The molecule has 2 heterocycles. The fraction of sp³-hybridized carbons (Fsp3) is 0.385. The second-order valence-corrected chi connectivity index (χ2v) is 8.55. The van der Waals surface area contributed by atoms with Gasteiger partial charge in [0.1, 0.15) is 0 Å². The summed E-state index contributed by atoms with van der Waals surface area (Å²) >= 11 is 0. The summed E-state index contributed by atoms with van der Waals surface area (Å²) in [6.07, 6.45) is 5.90. The summed E-state index contributed by atoms with van der Waals surface area (Å²) in [4.78, 5) is 13.3. The van der Waals surface area contributed by atoms with Crippen molar-refractivity contribution in [2.24, 2.45) is 0 Å². The number of nitrogens with zero attached hydrogens (tertiary/aromatic N) is 2. The Kier molecular flexibility index (Phi) is 6.52. The molecule has 1 fully saturated rings. The maximum atomic E-state index is 13.3. The van der Waals surface area contributed by atoms with Crippen LogP contribution in [-0.4, -0.2) is 28.8 Å². The van der Waals surface area contributed by atoms with Crippen molar-refractivity contribution in [2.45, 2.75) is 52.4 Å². The molecule has 3 aromatic rings. The number of hydrogen-bond donors (Lipinski definition) is 2. The molecule has 2 N–H and O–H groups in total. The minimum atomic E-state index is -0.0909. The number of benzene rings is 2. The Labute approximate surface area is 184 Å². The highest BCUT2D eigenvalue weighted by Crippen LogP contribution is 2.31. The van der Waals surface area contributed by atoms with E-state index in [0.29, 0.717) is 11.5 Å². The van der Waals surface area contributed by atoms with Crippen LogP contribution in [0.15, 0.2) is 48.7 Å². The van der Waals surface area contributed by atoms with Gasteiger partial charge < -0.3 is 10.6 Å². The van der Waals surface area contributed by atoms with E-state index in [0.717, 1.165) is 55.8 Å². The number of carbonyl (C=O) groups excluding carboxylic acids is 1. The van der Waals surface area contributed by atoms with Gasteiger partial charge in [-0.1, -0.05) is 31.5 Å². The van der Waals surface area contributed by atoms with E-state index < -0.39 is 0 Å². The predicted octanol–water partition coefficient (Wildman–Crippen LogP) is 5.16. The Hall–Kier alpha value is -2.92. The second kappa shape index (κ2) is 9.48. The number of anilines is 1. The number of hydrogen-bond acceptors (Lipinski definition) is 3. The summed E-state index contributed by atoms with van der Waals surface area (Å²) in [5.74, 6) is 0.213. The zero-order valence-electron chi connectivity index (χ0n) is 18.7. The minimum absolute atomic E-state index is 0.0909. The van der Waals surface area contributed by atoms with E-state index in [1.807, 2.05) is 16.8 Å². The standard InChI is InChI=1S/C26H32N4O/c1-4-5-20-7-9-22(10-8-20)29-26(31)24-17-28-30(23-11-6-18(2)19(3)16-23)25(24)21-12-14-27-15-13-21/h6-11,16-17,21,27H,4-5,12-15H2,1-3H3,(H,29,31). The first-order valence-corrected chi connectivity index (χ1v) is 11.3. The van der Waals surface area contributed by atoms with E-state index in [9.17, 15) is 4.79 Å². The van der Waals surface area contributed by atoms with E-state index in [2.05, 4.69) is 66.8 Å². The molecule has 0 spiro atoms. The molecule has 31 heavy (non-hydrogen) atoms. The average Bonchev–Trinajstić information content (AvgIpc) is 3.23. The Morgan fingerprint density at radius 2 is 1.84 bits per heavy atom. The van der Waals surface area contributed by atoms with Gasteiger partial charge in [0, 0.05) is 11.6 Å². The van der Waals surface area contributed by atoms with Crippen LogP contribution in [0.1, 0.15) is 64.8 Å². The first kappa shape index (κ1) is 21.3. The molecule has 4 rings (SSSR count). The first-order chi connectivity index (χ1) is 15.1. The lowest BCUT2D eigenvalue weighted by Crippen LogP contribution is -2.29. The van der Waals surface area contributed by atoms with Crippen LogP contribution in [-0.2, 0) is 6.42 Å². The van der Waals surface area contributed by atoms with Crippen molar-refractivity contribution in [1.82, 2.24) is 15.1 Å². The van der Waals surface area contributed by atoms with Gasteiger partial charge >= 0.3 is 0 Å². The minimum Gasteiger partial charge on any atom is -0.322 e. The SMILES string of the molecule is CCCc1ccc(NC(=O)c2cnn(-c3ccc(C)c(C)c3)c2C2CCNCC2)cc1. The van der Waals surface area contributed by atoms with E-state index in [-0.39, 0.29) is 5.91 Å². The molecule has 2 aromatic carbocycles. The summed E-state index contributed by atoms with van der Waals surface area (Å²) in [5.41, 5.74) is 7.29. The molecule has 0 aliphatic carbocycles. The third-order valence-electron chi connectivity index (χ3n) is 6.26. The zero-order valence-corrected chi connectivity index (χ0v) is 18.7. The number of aromatic nitrogens is 2. The maximum Gasteiger partial charge on any atom is 0.259 e. The Bertz CT molecular complexity index is 1050. The lowest BCUT2D eigenvalue weighted by atomic mass is 9.91. The third kappa shape index (κ3) is 4.72. The van der Waals surface area contributed by atoms with Crippen LogP contribution in [0.5, 0.6) is 0 Å². The van der Waals surface area contributed by atoms with Crippen molar-refractivity contribution in [3.63, 3.8) is 0 Å². The summed E-state index contributed by atoms with van der Waals surface area (Å²) in [6.45, 7) is 8.32. The smallest absolute Gasteiger partial charge is 0.259 e. The lowest BCUT2D eigenvalue weighted by molar-refractivity contribution is 0.102. The first-order valence-electron chi connectivity index (χ1n) is 11.3. The number of piperidine rings is 1. The number of amides is 1. The maximum absolute atomic E-state index is 13.3. The highest BCUT2D eigenvalue weighted by Gasteiger charge is 2.27. The molecule has 5 heteroatoms. The van der Waals surface area contributed by atoms with Crippen LogP contribution in [0.3, 0.4) is 0 Å². The molecule has 1 amide bonds. The Balaban J connectivity index is 1.66. The van der Waals surface area contributed by atoms with E-state index in [1.165, 1.54) is 16.7 Å². The van der Waals surface area contributed by atoms with Gasteiger partial charge in [-0.15, -0.1) is 0 Å². The largest absolute Gasteiger partial charge is 0.322 e. The number of aryl methyl sites for hydroxylation is 3. The molecule has 1 aliphatic heterocycles. The summed E-state index contributed by atoms with van der Waals surface area (Å²) in [5, 5.41) is 11.2. The quantitative estimate of drug-likeness (QED) is 0.583. The van der Waals surface area contributed by atoms with Crippen molar-refractivity contribution in [3.05, 3.63) is 76.6 Å². The summed E-state index contributed by atoms with van der Waals surface area (Å²) in [6, 6.07) is 14.5. The van der Waals surface area contributed by atoms with Crippen LogP contribution in [0.4, 0.5) is 5.69 Å². The van der Waals surface area contributed by atoms with Gasteiger partial charge in [0.05, 0.1) is 23.1 Å². The number of carbonyl (C=O) groups is 1.